The smallest absolute Gasteiger partial charge is 0.414 e. The molecule has 0 unspecified atom stereocenters. The molecule has 1 N–H and O–H groups in total. The van der Waals surface area contributed by atoms with Crippen LogP contribution >= 0.6 is 0 Å². The SMILES string of the molecule is Cc1cccc2c1N(C(=O)OC(C)(C)C)CCN2c1cc2cnc(Nc3ccc(N4CCN(C)CC4)cc3)nc2n(-c2cccnc2)c1=O. The van der Waals surface area contributed by atoms with Crippen molar-refractivity contribution in [3.63, 3.8) is 0 Å². The second-order valence-corrected chi connectivity index (χ2v) is 13.5. The van der Waals surface area contributed by atoms with Crippen molar-refractivity contribution < 1.29 is 9.53 Å². The van der Waals surface area contributed by atoms with Gasteiger partial charge >= 0.3 is 6.09 Å². The van der Waals surface area contributed by atoms with Gasteiger partial charge in [0.2, 0.25) is 5.95 Å². The Labute approximate surface area is 285 Å². The summed E-state index contributed by atoms with van der Waals surface area (Å²) in [6, 6.07) is 19.5. The molecule has 49 heavy (non-hydrogen) atoms. The van der Waals surface area contributed by atoms with E-state index in [9.17, 15) is 9.59 Å². The zero-order chi connectivity index (χ0) is 34.3. The molecule has 0 spiro atoms. The van der Waals surface area contributed by atoms with Crippen LogP contribution in [0.3, 0.4) is 0 Å². The summed E-state index contributed by atoms with van der Waals surface area (Å²) in [6.07, 6.45) is 4.63. The van der Waals surface area contributed by atoms with Crippen molar-refractivity contribution in [3.05, 3.63) is 95.2 Å². The van der Waals surface area contributed by atoms with Gasteiger partial charge in [0.1, 0.15) is 11.3 Å². The lowest BCUT2D eigenvalue weighted by atomic mass is 10.1. The fourth-order valence-electron chi connectivity index (χ4n) is 6.41. The Morgan fingerprint density at radius 2 is 1.65 bits per heavy atom. The molecule has 7 rings (SSSR count). The summed E-state index contributed by atoms with van der Waals surface area (Å²) >= 11 is 0. The number of anilines is 6. The van der Waals surface area contributed by atoms with Crippen LogP contribution in [0.15, 0.2) is 84.0 Å². The second kappa shape index (κ2) is 12.8. The van der Waals surface area contributed by atoms with Crippen LogP contribution < -0.4 is 25.6 Å². The Bertz CT molecular complexity index is 2050. The molecule has 0 radical (unpaired) electrons. The zero-order valence-electron chi connectivity index (χ0n) is 28.6. The number of aryl methyl sites for hydroxylation is 1. The van der Waals surface area contributed by atoms with Gasteiger partial charge in [-0.2, -0.15) is 4.98 Å². The highest BCUT2D eigenvalue weighted by Crippen LogP contribution is 2.40. The highest BCUT2D eigenvalue weighted by molar-refractivity contribution is 5.97. The maximum Gasteiger partial charge on any atom is 0.414 e. The van der Waals surface area contributed by atoms with Gasteiger partial charge in [-0.3, -0.25) is 19.2 Å². The first-order valence-electron chi connectivity index (χ1n) is 16.6. The van der Waals surface area contributed by atoms with E-state index >= 15 is 0 Å². The van der Waals surface area contributed by atoms with E-state index < -0.39 is 11.7 Å². The molecular formula is C37H41N9O3. The van der Waals surface area contributed by atoms with E-state index in [1.165, 1.54) is 5.69 Å². The number of pyridine rings is 2. The third-order valence-electron chi connectivity index (χ3n) is 8.85. The number of rotatable bonds is 5. The number of nitrogens with one attached hydrogen (secondary N) is 1. The Morgan fingerprint density at radius 3 is 2.37 bits per heavy atom. The highest BCUT2D eigenvalue weighted by atomic mass is 16.6. The van der Waals surface area contributed by atoms with E-state index in [1.807, 2.05) is 75.1 Å². The molecular weight excluding hydrogens is 618 g/mol. The van der Waals surface area contributed by atoms with Crippen LogP contribution in [0.5, 0.6) is 0 Å². The molecule has 2 aliphatic rings. The van der Waals surface area contributed by atoms with Crippen molar-refractivity contribution in [1.82, 2.24) is 24.4 Å². The van der Waals surface area contributed by atoms with Crippen molar-refractivity contribution in [2.24, 2.45) is 0 Å². The van der Waals surface area contributed by atoms with Crippen LogP contribution in [-0.4, -0.2) is 82.4 Å². The van der Waals surface area contributed by atoms with Gasteiger partial charge < -0.3 is 24.8 Å². The lowest BCUT2D eigenvalue weighted by Gasteiger charge is -2.39. The Balaban J connectivity index is 1.26. The highest BCUT2D eigenvalue weighted by Gasteiger charge is 2.33. The number of likely N-dealkylation sites (N-methyl/N-ethyl adjacent to an activating group) is 1. The quantitative estimate of drug-likeness (QED) is 0.246. The summed E-state index contributed by atoms with van der Waals surface area (Å²) in [5.41, 5.74) is 4.94. The summed E-state index contributed by atoms with van der Waals surface area (Å²) in [5.74, 6) is 0.372. The van der Waals surface area contributed by atoms with Crippen LogP contribution in [0.25, 0.3) is 16.7 Å². The molecule has 2 aliphatic heterocycles. The maximum absolute atomic E-state index is 14.6. The molecule has 252 valence electrons. The monoisotopic (exact) mass is 659 g/mol. The number of carbonyl (C=O) groups excluding carboxylic acids is 1. The van der Waals surface area contributed by atoms with E-state index in [4.69, 9.17) is 9.72 Å². The molecule has 1 saturated heterocycles. The van der Waals surface area contributed by atoms with Crippen LogP contribution in [-0.2, 0) is 4.74 Å². The van der Waals surface area contributed by atoms with Crippen LogP contribution in [0, 0.1) is 6.92 Å². The summed E-state index contributed by atoms with van der Waals surface area (Å²) in [4.78, 5) is 50.0. The number of piperazine rings is 1. The first kappa shape index (κ1) is 32.1. The molecule has 0 atom stereocenters. The predicted octanol–water partition coefficient (Wildman–Crippen LogP) is 5.87. The average molecular weight is 660 g/mol. The average Bonchev–Trinajstić information content (AvgIpc) is 3.08. The number of para-hydroxylation sites is 1. The summed E-state index contributed by atoms with van der Waals surface area (Å²) in [6.45, 7) is 12.3. The van der Waals surface area contributed by atoms with Gasteiger partial charge in [-0.25, -0.2) is 9.78 Å². The summed E-state index contributed by atoms with van der Waals surface area (Å²) in [5, 5.41) is 4.00. The number of hydrogen-bond acceptors (Lipinski definition) is 10. The molecule has 0 aliphatic carbocycles. The van der Waals surface area contributed by atoms with Crippen LogP contribution in [0.2, 0.25) is 0 Å². The van der Waals surface area contributed by atoms with E-state index in [0.29, 0.717) is 47.1 Å². The van der Waals surface area contributed by atoms with Gasteiger partial charge in [-0.05, 0) is 88.8 Å². The lowest BCUT2D eigenvalue weighted by molar-refractivity contribution is 0.0580. The Hall–Kier alpha value is -5.49. The number of hydrogen-bond donors (Lipinski definition) is 1. The fourth-order valence-corrected chi connectivity index (χ4v) is 6.41. The summed E-state index contributed by atoms with van der Waals surface area (Å²) in [7, 11) is 2.15. The standard InChI is InChI=1S/C37H41N9O3/c1-25-8-6-10-30-32(25)45(36(48)49-37(2,3)4)21-20-44(30)31-22-26-23-39-35(41-33(26)46(34(31)47)29-9-7-15-38-24-29)40-27-11-13-28(14-12-27)43-18-16-42(5)17-19-43/h6-15,22-24H,16-21H2,1-5H3,(H,39,40,41). The van der Waals surface area contributed by atoms with Crippen LogP contribution in [0.1, 0.15) is 26.3 Å². The number of nitrogens with zero attached hydrogens (tertiary/aromatic N) is 8. The minimum absolute atomic E-state index is 0.264. The minimum atomic E-state index is -0.644. The molecule has 12 nitrogen and oxygen atoms in total. The van der Waals surface area contributed by atoms with E-state index in [0.717, 1.165) is 43.1 Å². The molecule has 0 saturated carbocycles. The molecule has 12 heteroatoms. The maximum atomic E-state index is 14.6. The van der Waals surface area contributed by atoms with Gasteiger partial charge in [0, 0.05) is 68.4 Å². The van der Waals surface area contributed by atoms with Crippen molar-refractivity contribution in [2.45, 2.75) is 33.3 Å². The van der Waals surface area contributed by atoms with Crippen molar-refractivity contribution in [3.8, 4) is 5.69 Å². The van der Waals surface area contributed by atoms with Gasteiger partial charge in [-0.15, -0.1) is 0 Å². The fraction of sp³-hybridized carbons (Fsp3) is 0.324. The second-order valence-electron chi connectivity index (χ2n) is 13.5. The van der Waals surface area contributed by atoms with Gasteiger partial charge in [-0.1, -0.05) is 12.1 Å². The van der Waals surface area contributed by atoms with Crippen molar-refractivity contribution in [1.29, 1.82) is 0 Å². The van der Waals surface area contributed by atoms with Gasteiger partial charge in [0.15, 0.2) is 5.65 Å². The van der Waals surface area contributed by atoms with Gasteiger partial charge in [0.05, 0.1) is 23.3 Å². The van der Waals surface area contributed by atoms with Crippen LogP contribution in [0.4, 0.5) is 39.2 Å². The van der Waals surface area contributed by atoms with E-state index in [2.05, 4.69) is 44.3 Å². The van der Waals surface area contributed by atoms with Crippen molar-refractivity contribution in [2.75, 3.05) is 66.3 Å². The summed E-state index contributed by atoms with van der Waals surface area (Å²) < 4.78 is 7.33. The van der Waals surface area contributed by atoms with Gasteiger partial charge in [0.25, 0.3) is 5.56 Å². The predicted molar refractivity (Wildman–Crippen MR) is 194 cm³/mol. The number of aromatic nitrogens is 4. The Kier molecular flexibility index (Phi) is 8.41. The number of ether oxygens (including phenoxy) is 1. The number of amides is 1. The minimum Gasteiger partial charge on any atom is -0.443 e. The molecule has 2 aromatic carbocycles. The topological polar surface area (TPSA) is 112 Å². The van der Waals surface area contributed by atoms with E-state index in [1.54, 1.807) is 34.1 Å². The lowest BCUT2D eigenvalue weighted by Crippen LogP contribution is -2.46. The number of carbonyl (C=O) groups is 1. The Morgan fingerprint density at radius 1 is 0.878 bits per heavy atom. The molecule has 5 aromatic rings. The number of fused-ring (bicyclic) bond motifs is 2. The normalized spacial score (nSPS) is 15.3. The molecule has 1 amide bonds. The first-order valence-corrected chi connectivity index (χ1v) is 16.6. The first-order chi connectivity index (χ1) is 23.6. The molecule has 5 heterocycles. The molecule has 1 fully saturated rings. The van der Waals surface area contributed by atoms with E-state index in [-0.39, 0.29) is 5.56 Å². The molecule has 0 bridgehead atoms. The molecule has 3 aromatic heterocycles. The third-order valence-corrected chi connectivity index (χ3v) is 8.85. The number of benzene rings is 2. The third kappa shape index (κ3) is 6.51. The van der Waals surface area contributed by atoms with Crippen molar-refractivity contribution >= 4 is 51.5 Å². The zero-order valence-corrected chi connectivity index (χ0v) is 28.6. The largest absolute Gasteiger partial charge is 0.443 e.